The molecule has 18 heavy (non-hydrogen) atoms. The van der Waals surface area contributed by atoms with Gasteiger partial charge in [0.1, 0.15) is 11.0 Å². The molecule has 0 bridgehead atoms. The molecule has 96 valence electrons. The quantitative estimate of drug-likeness (QED) is 0.815. The summed E-state index contributed by atoms with van der Waals surface area (Å²) in [6, 6.07) is 3.23. The molecule has 0 saturated carbocycles. The van der Waals surface area contributed by atoms with E-state index < -0.39 is 16.1 Å². The Hall–Kier alpha value is -1.49. The lowest BCUT2D eigenvalue weighted by molar-refractivity contribution is 0.189. The van der Waals surface area contributed by atoms with Gasteiger partial charge in [-0.3, -0.25) is 4.98 Å². The third-order valence-electron chi connectivity index (χ3n) is 2.95. The van der Waals surface area contributed by atoms with Gasteiger partial charge in [-0.2, -0.15) is 9.57 Å². The Morgan fingerprint density at radius 1 is 1.61 bits per heavy atom. The van der Waals surface area contributed by atoms with E-state index in [4.69, 9.17) is 5.26 Å². The molecule has 1 aliphatic rings. The predicted octanol–water partition coefficient (Wildman–Crippen LogP) is 0.0170. The Bertz CT molecular complexity index is 606. The number of nitrogens with zero attached hydrogens (tertiary/aromatic N) is 3. The highest BCUT2D eigenvalue weighted by atomic mass is 32.2. The summed E-state index contributed by atoms with van der Waals surface area (Å²) >= 11 is 0. The molecule has 1 aromatic rings. The van der Waals surface area contributed by atoms with Crippen LogP contribution in [0, 0.1) is 18.3 Å². The predicted molar refractivity (Wildman–Crippen MR) is 63.1 cm³/mol. The van der Waals surface area contributed by atoms with Gasteiger partial charge in [0.05, 0.1) is 17.4 Å². The van der Waals surface area contributed by atoms with E-state index in [1.54, 1.807) is 6.92 Å². The van der Waals surface area contributed by atoms with Gasteiger partial charge >= 0.3 is 0 Å². The van der Waals surface area contributed by atoms with Crippen molar-refractivity contribution in [3.8, 4) is 6.07 Å². The minimum Gasteiger partial charge on any atom is -0.392 e. The van der Waals surface area contributed by atoms with Gasteiger partial charge in [0.15, 0.2) is 0 Å². The lowest BCUT2D eigenvalue weighted by Crippen LogP contribution is -2.29. The van der Waals surface area contributed by atoms with Gasteiger partial charge in [0, 0.05) is 19.3 Å². The van der Waals surface area contributed by atoms with Crippen LogP contribution in [0.5, 0.6) is 0 Å². The number of β-amino-alcohol motifs (C(OH)–C–C–N with tert-alkyl or cyclic N) is 1. The van der Waals surface area contributed by atoms with Crippen molar-refractivity contribution in [3.05, 3.63) is 23.5 Å². The van der Waals surface area contributed by atoms with E-state index in [1.807, 2.05) is 6.07 Å². The van der Waals surface area contributed by atoms with E-state index in [0.29, 0.717) is 18.7 Å². The first kappa shape index (κ1) is 13.0. The fraction of sp³-hybridized carbons (Fsp3) is 0.455. The molecule has 6 nitrogen and oxygen atoms in total. The Kier molecular flexibility index (Phi) is 3.34. The zero-order valence-electron chi connectivity index (χ0n) is 9.87. The molecule has 0 radical (unpaired) electrons. The number of nitriles is 1. The van der Waals surface area contributed by atoms with Crippen LogP contribution in [0.4, 0.5) is 0 Å². The summed E-state index contributed by atoms with van der Waals surface area (Å²) in [4.78, 5) is 3.91. The maximum absolute atomic E-state index is 12.2. The monoisotopic (exact) mass is 267 g/mol. The highest BCUT2D eigenvalue weighted by molar-refractivity contribution is 7.89. The van der Waals surface area contributed by atoms with E-state index in [0.717, 1.165) is 0 Å². The van der Waals surface area contributed by atoms with Gasteiger partial charge in [0.25, 0.3) is 0 Å². The highest BCUT2D eigenvalue weighted by Gasteiger charge is 2.32. The number of rotatable bonds is 2. The molecule has 1 aromatic heterocycles. The molecule has 1 fully saturated rings. The van der Waals surface area contributed by atoms with E-state index in [1.165, 1.54) is 16.6 Å². The molecule has 0 spiro atoms. The molecule has 0 aromatic carbocycles. The van der Waals surface area contributed by atoms with Crippen molar-refractivity contribution >= 4 is 10.0 Å². The summed E-state index contributed by atoms with van der Waals surface area (Å²) in [5.41, 5.74) is 0.744. The molecule has 7 heteroatoms. The average molecular weight is 267 g/mol. The lowest BCUT2D eigenvalue weighted by Gasteiger charge is -2.15. The smallest absolute Gasteiger partial charge is 0.244 e. The number of aryl methyl sites for hydroxylation is 1. The lowest BCUT2D eigenvalue weighted by atomic mass is 10.2. The van der Waals surface area contributed by atoms with Crippen molar-refractivity contribution in [2.45, 2.75) is 24.3 Å². The van der Waals surface area contributed by atoms with Crippen molar-refractivity contribution < 1.29 is 13.5 Å². The number of sulfonamides is 1. The van der Waals surface area contributed by atoms with Crippen LogP contribution < -0.4 is 0 Å². The largest absolute Gasteiger partial charge is 0.392 e. The molecule has 1 saturated heterocycles. The molecular formula is C11H13N3O3S. The summed E-state index contributed by atoms with van der Waals surface area (Å²) in [6.07, 6.45) is 1.06. The van der Waals surface area contributed by atoms with Gasteiger partial charge in [-0.15, -0.1) is 0 Å². The summed E-state index contributed by atoms with van der Waals surface area (Å²) in [7, 11) is -3.66. The first-order valence-electron chi connectivity index (χ1n) is 5.50. The van der Waals surface area contributed by atoms with Crippen LogP contribution in [0.2, 0.25) is 0 Å². The Morgan fingerprint density at radius 2 is 2.33 bits per heavy atom. The van der Waals surface area contributed by atoms with Gasteiger partial charge in [-0.1, -0.05) is 0 Å². The number of aliphatic hydroxyl groups is 1. The summed E-state index contributed by atoms with van der Waals surface area (Å²) in [5.74, 6) is 0. The molecular weight excluding hydrogens is 254 g/mol. The maximum Gasteiger partial charge on any atom is 0.244 e. The number of aromatic nitrogens is 1. The Morgan fingerprint density at radius 3 is 2.89 bits per heavy atom. The summed E-state index contributed by atoms with van der Waals surface area (Å²) in [5, 5.41) is 18.3. The minimum absolute atomic E-state index is 0.00116. The van der Waals surface area contributed by atoms with Crippen LogP contribution in [0.15, 0.2) is 17.2 Å². The minimum atomic E-state index is -3.66. The number of pyridine rings is 1. The van der Waals surface area contributed by atoms with E-state index in [9.17, 15) is 13.5 Å². The first-order chi connectivity index (χ1) is 8.45. The number of hydrogen-bond acceptors (Lipinski definition) is 5. The van der Waals surface area contributed by atoms with Gasteiger partial charge in [0.2, 0.25) is 10.0 Å². The van der Waals surface area contributed by atoms with E-state index in [-0.39, 0.29) is 17.0 Å². The molecule has 1 N–H and O–H groups in total. The van der Waals surface area contributed by atoms with Gasteiger partial charge in [-0.25, -0.2) is 8.42 Å². The average Bonchev–Trinajstić information content (AvgIpc) is 2.77. The standard InChI is InChI=1S/C11H13N3O3S/c1-8-9(5-12)4-11(6-13-8)18(16,17)14-3-2-10(15)7-14/h4,6,10,15H,2-3,7H2,1H3/t10-/m1/s1. The normalized spacial score (nSPS) is 20.8. The van der Waals surface area contributed by atoms with E-state index in [2.05, 4.69) is 4.98 Å². The fourth-order valence-corrected chi connectivity index (χ4v) is 3.31. The van der Waals surface area contributed by atoms with Gasteiger partial charge < -0.3 is 5.11 Å². The first-order valence-corrected chi connectivity index (χ1v) is 6.94. The molecule has 0 unspecified atom stereocenters. The summed E-state index contributed by atoms with van der Waals surface area (Å²) in [6.45, 7) is 2.03. The topological polar surface area (TPSA) is 94.3 Å². The van der Waals surface area contributed by atoms with Crippen molar-refractivity contribution in [2.75, 3.05) is 13.1 Å². The second-order valence-corrected chi connectivity index (χ2v) is 6.16. The van der Waals surface area contributed by atoms with Crippen LogP contribution >= 0.6 is 0 Å². The Labute approximate surface area is 106 Å². The van der Waals surface area contributed by atoms with Crippen LogP contribution in [0.25, 0.3) is 0 Å². The van der Waals surface area contributed by atoms with Crippen molar-refractivity contribution in [1.82, 2.24) is 9.29 Å². The number of hydrogen-bond donors (Lipinski definition) is 1. The number of aliphatic hydroxyl groups excluding tert-OH is 1. The SMILES string of the molecule is Cc1ncc(S(=O)(=O)N2CC[C@@H](O)C2)cc1C#N. The highest BCUT2D eigenvalue weighted by Crippen LogP contribution is 2.21. The molecule has 0 amide bonds. The molecule has 1 atom stereocenters. The molecule has 0 aliphatic carbocycles. The fourth-order valence-electron chi connectivity index (χ4n) is 1.85. The third kappa shape index (κ3) is 2.22. The van der Waals surface area contributed by atoms with Crippen LogP contribution in [-0.4, -0.2) is 42.0 Å². The zero-order chi connectivity index (χ0) is 13.3. The van der Waals surface area contributed by atoms with E-state index >= 15 is 0 Å². The summed E-state index contributed by atoms with van der Waals surface area (Å²) < 4.78 is 25.7. The van der Waals surface area contributed by atoms with Crippen LogP contribution in [-0.2, 0) is 10.0 Å². The van der Waals surface area contributed by atoms with Gasteiger partial charge in [-0.05, 0) is 19.4 Å². The maximum atomic E-state index is 12.2. The van der Waals surface area contributed by atoms with Crippen molar-refractivity contribution in [2.24, 2.45) is 0 Å². The van der Waals surface area contributed by atoms with Crippen molar-refractivity contribution in [3.63, 3.8) is 0 Å². The molecule has 1 aliphatic heterocycles. The Balaban J connectivity index is 2.39. The molecule has 2 heterocycles. The zero-order valence-corrected chi connectivity index (χ0v) is 10.7. The molecule has 2 rings (SSSR count). The third-order valence-corrected chi connectivity index (χ3v) is 4.78. The van der Waals surface area contributed by atoms with Crippen molar-refractivity contribution in [1.29, 1.82) is 5.26 Å². The second-order valence-electron chi connectivity index (χ2n) is 4.22. The second kappa shape index (κ2) is 4.65. The van der Waals surface area contributed by atoms with Crippen LogP contribution in [0.3, 0.4) is 0 Å². The van der Waals surface area contributed by atoms with Crippen LogP contribution in [0.1, 0.15) is 17.7 Å².